The third-order valence-corrected chi connectivity index (χ3v) is 3.45. The van der Waals surface area contributed by atoms with E-state index in [0.717, 1.165) is 25.1 Å². The SMILES string of the molecule is CC(C)c1ncc(C(=O)N(CC(=O)O)C2CCC2)[nH]1. The van der Waals surface area contributed by atoms with Crippen molar-refractivity contribution in [3.63, 3.8) is 0 Å². The maximum absolute atomic E-state index is 12.3. The molecule has 1 aromatic heterocycles. The van der Waals surface area contributed by atoms with Crippen LogP contribution in [0.4, 0.5) is 0 Å². The van der Waals surface area contributed by atoms with E-state index in [1.807, 2.05) is 13.8 Å². The number of carboxylic acids is 1. The van der Waals surface area contributed by atoms with Crippen LogP contribution >= 0.6 is 0 Å². The highest BCUT2D eigenvalue weighted by Gasteiger charge is 2.31. The molecule has 0 aromatic carbocycles. The van der Waals surface area contributed by atoms with Crippen molar-refractivity contribution in [2.45, 2.75) is 45.1 Å². The Morgan fingerprint density at radius 2 is 2.21 bits per heavy atom. The van der Waals surface area contributed by atoms with E-state index in [1.165, 1.54) is 11.1 Å². The molecule has 1 aliphatic rings. The van der Waals surface area contributed by atoms with Crippen molar-refractivity contribution in [2.24, 2.45) is 0 Å². The van der Waals surface area contributed by atoms with Crippen LogP contribution in [-0.4, -0.2) is 44.4 Å². The lowest BCUT2D eigenvalue weighted by Gasteiger charge is -2.36. The minimum absolute atomic E-state index is 0.0504. The van der Waals surface area contributed by atoms with E-state index in [1.54, 1.807) is 0 Å². The second-order valence-corrected chi connectivity index (χ2v) is 5.25. The van der Waals surface area contributed by atoms with Crippen LogP contribution < -0.4 is 0 Å². The van der Waals surface area contributed by atoms with Crippen LogP contribution in [0.5, 0.6) is 0 Å². The predicted octanol–water partition coefficient (Wildman–Crippen LogP) is 1.61. The number of rotatable bonds is 5. The van der Waals surface area contributed by atoms with Gasteiger partial charge in [-0.15, -0.1) is 0 Å². The van der Waals surface area contributed by atoms with E-state index in [4.69, 9.17) is 5.11 Å². The summed E-state index contributed by atoms with van der Waals surface area (Å²) in [7, 11) is 0. The number of imidazole rings is 1. The highest BCUT2D eigenvalue weighted by molar-refractivity contribution is 5.94. The number of nitrogens with zero attached hydrogens (tertiary/aromatic N) is 2. The molecule has 0 unspecified atom stereocenters. The molecule has 0 aliphatic heterocycles. The molecule has 104 valence electrons. The Morgan fingerprint density at radius 3 is 2.63 bits per heavy atom. The molecular weight excluding hydrogens is 246 g/mol. The number of aromatic nitrogens is 2. The zero-order valence-electron chi connectivity index (χ0n) is 11.2. The first kappa shape index (κ1) is 13.6. The first-order valence-electron chi connectivity index (χ1n) is 6.56. The molecule has 0 spiro atoms. The smallest absolute Gasteiger partial charge is 0.323 e. The molecule has 6 nitrogen and oxygen atoms in total. The Morgan fingerprint density at radius 1 is 1.53 bits per heavy atom. The minimum Gasteiger partial charge on any atom is -0.480 e. The summed E-state index contributed by atoms with van der Waals surface area (Å²) in [5, 5.41) is 8.92. The van der Waals surface area contributed by atoms with Crippen LogP contribution in [0, 0.1) is 0 Å². The molecule has 0 bridgehead atoms. The highest BCUT2D eigenvalue weighted by atomic mass is 16.4. The van der Waals surface area contributed by atoms with Crippen molar-refractivity contribution >= 4 is 11.9 Å². The summed E-state index contributed by atoms with van der Waals surface area (Å²) in [5.74, 6) is -0.305. The van der Waals surface area contributed by atoms with E-state index in [-0.39, 0.29) is 24.4 Å². The molecule has 1 aliphatic carbocycles. The molecular formula is C13H19N3O3. The molecule has 1 amide bonds. The fraction of sp³-hybridized carbons (Fsp3) is 0.615. The molecule has 1 aromatic rings. The van der Waals surface area contributed by atoms with Crippen LogP contribution in [0.2, 0.25) is 0 Å². The fourth-order valence-corrected chi connectivity index (χ4v) is 2.10. The number of carboxylic acid groups (broad SMARTS) is 1. The second-order valence-electron chi connectivity index (χ2n) is 5.25. The fourth-order valence-electron chi connectivity index (χ4n) is 2.10. The van der Waals surface area contributed by atoms with Crippen LogP contribution in [0.25, 0.3) is 0 Å². The third kappa shape index (κ3) is 2.94. The third-order valence-electron chi connectivity index (χ3n) is 3.45. The lowest BCUT2D eigenvalue weighted by atomic mass is 9.91. The maximum Gasteiger partial charge on any atom is 0.323 e. The van der Waals surface area contributed by atoms with Gasteiger partial charge in [-0.1, -0.05) is 13.8 Å². The standard InChI is InChI=1S/C13H19N3O3/c1-8(2)12-14-6-10(15-12)13(19)16(7-11(17)18)9-4-3-5-9/h6,8-9H,3-5,7H2,1-2H3,(H,14,15)(H,17,18). The van der Waals surface area contributed by atoms with Crippen LogP contribution in [-0.2, 0) is 4.79 Å². The van der Waals surface area contributed by atoms with Crippen molar-refractivity contribution in [3.8, 4) is 0 Å². The number of H-pyrrole nitrogens is 1. The van der Waals surface area contributed by atoms with Gasteiger partial charge in [0.2, 0.25) is 0 Å². The van der Waals surface area contributed by atoms with Crippen molar-refractivity contribution < 1.29 is 14.7 Å². The second kappa shape index (κ2) is 5.42. The molecule has 2 rings (SSSR count). The monoisotopic (exact) mass is 265 g/mol. The van der Waals surface area contributed by atoms with Gasteiger partial charge >= 0.3 is 5.97 Å². The highest BCUT2D eigenvalue weighted by Crippen LogP contribution is 2.26. The van der Waals surface area contributed by atoms with Gasteiger partial charge in [-0.3, -0.25) is 9.59 Å². The topological polar surface area (TPSA) is 86.3 Å². The predicted molar refractivity (Wildman–Crippen MR) is 69.0 cm³/mol. The van der Waals surface area contributed by atoms with Gasteiger partial charge in [0, 0.05) is 12.0 Å². The summed E-state index contributed by atoms with van der Waals surface area (Å²) in [6, 6.07) is 0.0504. The van der Waals surface area contributed by atoms with Gasteiger partial charge in [0.15, 0.2) is 0 Å². The first-order valence-corrected chi connectivity index (χ1v) is 6.56. The van der Waals surface area contributed by atoms with Gasteiger partial charge in [0.25, 0.3) is 5.91 Å². The Kier molecular flexibility index (Phi) is 3.87. The van der Waals surface area contributed by atoms with Gasteiger partial charge in [0.05, 0.1) is 6.20 Å². The number of hydrogen-bond donors (Lipinski definition) is 2. The summed E-state index contributed by atoms with van der Waals surface area (Å²) >= 11 is 0. The van der Waals surface area contributed by atoms with E-state index < -0.39 is 5.97 Å². The lowest BCUT2D eigenvalue weighted by molar-refractivity contribution is -0.138. The number of hydrogen-bond acceptors (Lipinski definition) is 3. The van der Waals surface area contributed by atoms with Crippen LogP contribution in [0.15, 0.2) is 6.20 Å². The van der Waals surface area contributed by atoms with Gasteiger partial charge in [-0.2, -0.15) is 0 Å². The van der Waals surface area contributed by atoms with Crippen molar-refractivity contribution in [1.82, 2.24) is 14.9 Å². The quantitative estimate of drug-likeness (QED) is 0.846. The van der Waals surface area contributed by atoms with E-state index in [0.29, 0.717) is 5.69 Å². The normalized spacial score (nSPS) is 15.3. The number of nitrogens with one attached hydrogen (secondary N) is 1. The minimum atomic E-state index is -0.983. The Bertz CT molecular complexity index is 477. The summed E-state index contributed by atoms with van der Waals surface area (Å²) in [5.41, 5.74) is 0.372. The summed E-state index contributed by atoms with van der Waals surface area (Å²) in [4.78, 5) is 31.8. The zero-order chi connectivity index (χ0) is 14.0. The Balaban J connectivity index is 2.15. The Labute approximate surface area is 111 Å². The van der Waals surface area contributed by atoms with E-state index in [9.17, 15) is 9.59 Å². The van der Waals surface area contributed by atoms with Gasteiger partial charge in [-0.25, -0.2) is 4.98 Å². The van der Waals surface area contributed by atoms with E-state index in [2.05, 4.69) is 9.97 Å². The first-order chi connectivity index (χ1) is 8.99. The summed E-state index contributed by atoms with van der Waals surface area (Å²) in [6.45, 7) is 3.71. The average molecular weight is 265 g/mol. The zero-order valence-corrected chi connectivity index (χ0v) is 11.2. The van der Waals surface area contributed by atoms with Crippen molar-refractivity contribution in [1.29, 1.82) is 0 Å². The molecule has 19 heavy (non-hydrogen) atoms. The van der Waals surface area contributed by atoms with Gasteiger partial charge in [-0.05, 0) is 19.3 Å². The Hall–Kier alpha value is -1.85. The molecule has 6 heteroatoms. The van der Waals surface area contributed by atoms with Crippen molar-refractivity contribution in [2.75, 3.05) is 6.54 Å². The van der Waals surface area contributed by atoms with Gasteiger partial charge in [0.1, 0.15) is 18.1 Å². The number of carbonyl (C=O) groups excluding carboxylic acids is 1. The lowest BCUT2D eigenvalue weighted by Crippen LogP contribution is -2.46. The molecule has 2 N–H and O–H groups in total. The number of amides is 1. The molecule has 0 saturated heterocycles. The van der Waals surface area contributed by atoms with Crippen LogP contribution in [0.3, 0.4) is 0 Å². The molecule has 1 fully saturated rings. The molecule has 0 radical (unpaired) electrons. The number of aromatic amines is 1. The summed E-state index contributed by atoms with van der Waals surface area (Å²) < 4.78 is 0. The molecule has 1 saturated carbocycles. The van der Waals surface area contributed by atoms with Crippen LogP contribution in [0.1, 0.15) is 55.3 Å². The molecule has 0 atom stereocenters. The van der Waals surface area contributed by atoms with Crippen molar-refractivity contribution in [3.05, 3.63) is 17.7 Å². The number of carbonyl (C=O) groups is 2. The largest absolute Gasteiger partial charge is 0.480 e. The summed E-state index contributed by atoms with van der Waals surface area (Å²) in [6.07, 6.45) is 4.30. The average Bonchev–Trinajstić information content (AvgIpc) is 2.73. The number of aliphatic carboxylic acids is 1. The molecule has 1 heterocycles. The van der Waals surface area contributed by atoms with E-state index >= 15 is 0 Å². The van der Waals surface area contributed by atoms with Gasteiger partial charge < -0.3 is 15.0 Å². The maximum atomic E-state index is 12.3.